The van der Waals surface area contributed by atoms with Crippen LogP contribution in [-0.4, -0.2) is 39.8 Å². The van der Waals surface area contributed by atoms with Crippen LogP contribution in [0.3, 0.4) is 0 Å². The van der Waals surface area contributed by atoms with E-state index in [1.165, 1.54) is 0 Å². The molecule has 0 aromatic heterocycles. The Bertz CT molecular complexity index is 412. The minimum atomic E-state index is -0.0890. The number of rotatable bonds is 6. The van der Waals surface area contributed by atoms with E-state index in [1.54, 1.807) is 37.3 Å². The van der Waals surface area contributed by atoms with Gasteiger partial charge in [-0.15, -0.1) is 0 Å². The number of nitrogens with two attached hydrogens (primary N) is 1. The van der Waals surface area contributed by atoms with Crippen molar-refractivity contribution in [1.82, 2.24) is 5.32 Å². The molecule has 0 radical (unpaired) electrons. The van der Waals surface area contributed by atoms with Gasteiger partial charge in [-0.25, -0.2) is 0 Å². The maximum absolute atomic E-state index is 11.6. The second-order valence-corrected chi connectivity index (χ2v) is 4.34. The Morgan fingerprint density at radius 3 is 2.94 bits per heavy atom. The third kappa shape index (κ3) is 4.43. The molecular formula is C12H18ClN3O2. The van der Waals surface area contributed by atoms with Crippen LogP contribution in [0.4, 0.5) is 11.4 Å². The number of hydrogen-bond acceptors (Lipinski definition) is 4. The maximum atomic E-state index is 11.6. The van der Waals surface area contributed by atoms with Gasteiger partial charge < -0.3 is 20.7 Å². The number of benzene rings is 1. The lowest BCUT2D eigenvalue weighted by Crippen LogP contribution is -2.36. The number of hydrogen-bond donors (Lipinski definition) is 2. The number of likely N-dealkylation sites (N-methyl/N-ethyl adjacent to an activating group) is 1. The Balaban J connectivity index is 2.56. The Morgan fingerprint density at radius 2 is 2.28 bits per heavy atom. The molecule has 0 saturated heterocycles. The van der Waals surface area contributed by atoms with Gasteiger partial charge in [0.2, 0.25) is 5.91 Å². The number of nitrogens with one attached hydrogen (secondary N) is 1. The van der Waals surface area contributed by atoms with Gasteiger partial charge in [-0.3, -0.25) is 4.79 Å². The molecule has 0 spiro atoms. The lowest BCUT2D eigenvalue weighted by molar-refractivity contribution is -0.119. The molecule has 5 nitrogen and oxygen atoms in total. The van der Waals surface area contributed by atoms with Crippen molar-refractivity contribution in [2.75, 3.05) is 44.5 Å². The molecule has 0 fully saturated rings. The first kappa shape index (κ1) is 14.6. The standard InChI is InChI=1S/C12H18ClN3O2/c1-16(8-12(17)15-5-6-18-2)11-7-9(13)3-4-10(11)14/h3-4,7H,5-6,8,14H2,1-2H3,(H,15,17). The number of methoxy groups -OCH3 is 1. The van der Waals surface area contributed by atoms with Crippen molar-refractivity contribution in [2.24, 2.45) is 0 Å². The summed E-state index contributed by atoms with van der Waals surface area (Å²) in [6.45, 7) is 1.21. The van der Waals surface area contributed by atoms with E-state index >= 15 is 0 Å². The highest BCUT2D eigenvalue weighted by atomic mass is 35.5. The van der Waals surface area contributed by atoms with Crippen molar-refractivity contribution in [1.29, 1.82) is 0 Å². The first-order valence-electron chi connectivity index (χ1n) is 5.56. The van der Waals surface area contributed by atoms with E-state index < -0.39 is 0 Å². The third-order valence-electron chi connectivity index (χ3n) is 2.41. The number of halogens is 1. The van der Waals surface area contributed by atoms with Gasteiger partial charge in [-0.2, -0.15) is 0 Å². The van der Waals surface area contributed by atoms with Crippen LogP contribution in [0.1, 0.15) is 0 Å². The second-order valence-electron chi connectivity index (χ2n) is 3.90. The summed E-state index contributed by atoms with van der Waals surface area (Å²) < 4.78 is 4.85. The summed E-state index contributed by atoms with van der Waals surface area (Å²) in [6.07, 6.45) is 0. The van der Waals surface area contributed by atoms with Crippen LogP contribution in [0, 0.1) is 0 Å². The van der Waals surface area contributed by atoms with Crippen molar-refractivity contribution in [3.05, 3.63) is 23.2 Å². The lowest BCUT2D eigenvalue weighted by Gasteiger charge is -2.20. The van der Waals surface area contributed by atoms with Crippen molar-refractivity contribution < 1.29 is 9.53 Å². The smallest absolute Gasteiger partial charge is 0.239 e. The SMILES string of the molecule is COCCNC(=O)CN(C)c1cc(Cl)ccc1N. The zero-order chi connectivity index (χ0) is 13.5. The molecule has 1 aromatic rings. The zero-order valence-corrected chi connectivity index (χ0v) is 11.3. The van der Waals surface area contributed by atoms with Crippen molar-refractivity contribution in [2.45, 2.75) is 0 Å². The number of amides is 1. The van der Waals surface area contributed by atoms with Crippen LogP contribution in [-0.2, 0) is 9.53 Å². The maximum Gasteiger partial charge on any atom is 0.239 e. The molecule has 0 unspecified atom stereocenters. The first-order chi connectivity index (χ1) is 8.54. The molecule has 0 heterocycles. The summed E-state index contributed by atoms with van der Waals surface area (Å²) in [5, 5.41) is 3.33. The molecule has 0 bridgehead atoms. The van der Waals surface area contributed by atoms with Crippen molar-refractivity contribution >= 4 is 28.9 Å². The average molecular weight is 272 g/mol. The predicted octanol–water partition coefficient (Wildman–Crippen LogP) is 1.12. The number of anilines is 2. The molecule has 1 amide bonds. The molecule has 18 heavy (non-hydrogen) atoms. The highest BCUT2D eigenvalue weighted by Gasteiger charge is 2.10. The topological polar surface area (TPSA) is 67.6 Å². The normalized spacial score (nSPS) is 10.2. The molecule has 0 aliphatic carbocycles. The monoisotopic (exact) mass is 271 g/mol. The van der Waals surface area contributed by atoms with Crippen LogP contribution in [0.2, 0.25) is 5.02 Å². The molecule has 0 atom stereocenters. The molecule has 0 saturated carbocycles. The van der Waals surface area contributed by atoms with E-state index in [-0.39, 0.29) is 12.5 Å². The van der Waals surface area contributed by atoms with Gasteiger partial charge in [0, 0.05) is 25.7 Å². The van der Waals surface area contributed by atoms with Crippen LogP contribution in [0.15, 0.2) is 18.2 Å². The Morgan fingerprint density at radius 1 is 1.56 bits per heavy atom. The van der Waals surface area contributed by atoms with E-state index in [0.717, 1.165) is 5.69 Å². The highest BCUT2D eigenvalue weighted by molar-refractivity contribution is 6.31. The van der Waals surface area contributed by atoms with E-state index in [0.29, 0.717) is 23.9 Å². The highest BCUT2D eigenvalue weighted by Crippen LogP contribution is 2.25. The molecule has 0 aliphatic heterocycles. The fourth-order valence-corrected chi connectivity index (χ4v) is 1.66. The minimum Gasteiger partial charge on any atom is -0.397 e. The molecule has 3 N–H and O–H groups in total. The Labute approximate surface area is 112 Å². The van der Waals surface area contributed by atoms with Crippen LogP contribution >= 0.6 is 11.6 Å². The average Bonchev–Trinajstić information content (AvgIpc) is 2.32. The van der Waals surface area contributed by atoms with Crippen molar-refractivity contribution in [3.63, 3.8) is 0 Å². The lowest BCUT2D eigenvalue weighted by atomic mass is 10.2. The van der Waals surface area contributed by atoms with Crippen LogP contribution < -0.4 is 16.0 Å². The van der Waals surface area contributed by atoms with Gasteiger partial charge in [0.05, 0.1) is 24.5 Å². The van der Waals surface area contributed by atoms with E-state index in [1.807, 2.05) is 0 Å². The number of carbonyl (C=O) groups is 1. The summed E-state index contributed by atoms with van der Waals surface area (Å²) in [5.41, 5.74) is 7.17. The van der Waals surface area contributed by atoms with E-state index in [2.05, 4.69) is 5.32 Å². The second kappa shape index (κ2) is 7.08. The number of nitrogen functional groups attached to an aromatic ring is 1. The molecule has 1 aromatic carbocycles. The quantitative estimate of drug-likeness (QED) is 0.601. The van der Waals surface area contributed by atoms with Gasteiger partial charge in [-0.1, -0.05) is 11.6 Å². The minimum absolute atomic E-state index is 0.0890. The van der Waals surface area contributed by atoms with Crippen LogP contribution in [0.5, 0.6) is 0 Å². The van der Waals surface area contributed by atoms with Crippen LogP contribution in [0.25, 0.3) is 0 Å². The number of ether oxygens (including phenoxy) is 1. The van der Waals surface area contributed by atoms with Gasteiger partial charge in [-0.05, 0) is 18.2 Å². The first-order valence-corrected chi connectivity index (χ1v) is 5.94. The molecule has 0 aliphatic rings. The van der Waals surface area contributed by atoms with Gasteiger partial charge in [0.15, 0.2) is 0 Å². The molecular weight excluding hydrogens is 254 g/mol. The van der Waals surface area contributed by atoms with Crippen molar-refractivity contribution in [3.8, 4) is 0 Å². The third-order valence-corrected chi connectivity index (χ3v) is 2.65. The molecule has 6 heteroatoms. The summed E-state index contributed by atoms with van der Waals surface area (Å²) >= 11 is 5.90. The predicted molar refractivity (Wildman–Crippen MR) is 74.0 cm³/mol. The summed E-state index contributed by atoms with van der Waals surface area (Å²) in [6, 6.07) is 5.17. The number of nitrogens with zero attached hydrogens (tertiary/aromatic N) is 1. The zero-order valence-electron chi connectivity index (χ0n) is 10.6. The van der Waals surface area contributed by atoms with E-state index in [9.17, 15) is 4.79 Å². The number of carbonyl (C=O) groups excluding carboxylic acids is 1. The summed E-state index contributed by atoms with van der Waals surface area (Å²) in [5.74, 6) is -0.0890. The Kier molecular flexibility index (Phi) is 5.74. The fraction of sp³-hybridized carbons (Fsp3) is 0.417. The molecule has 100 valence electrons. The van der Waals surface area contributed by atoms with Gasteiger partial charge >= 0.3 is 0 Å². The van der Waals surface area contributed by atoms with Gasteiger partial charge in [0.1, 0.15) is 0 Å². The van der Waals surface area contributed by atoms with E-state index in [4.69, 9.17) is 22.1 Å². The molecule has 1 rings (SSSR count). The Hall–Kier alpha value is -1.46. The fourth-order valence-electron chi connectivity index (χ4n) is 1.50. The summed E-state index contributed by atoms with van der Waals surface area (Å²) in [4.78, 5) is 13.4. The summed E-state index contributed by atoms with van der Waals surface area (Å²) in [7, 11) is 3.38. The van der Waals surface area contributed by atoms with Gasteiger partial charge in [0.25, 0.3) is 0 Å². The largest absolute Gasteiger partial charge is 0.397 e.